The van der Waals surface area contributed by atoms with Gasteiger partial charge in [0.25, 0.3) is 0 Å². The first-order valence-corrected chi connectivity index (χ1v) is 7.23. The molecule has 6 heteroatoms. The van der Waals surface area contributed by atoms with Crippen LogP contribution in [0.4, 0.5) is 5.95 Å². The van der Waals surface area contributed by atoms with E-state index in [0.717, 1.165) is 40.0 Å². The summed E-state index contributed by atoms with van der Waals surface area (Å²) in [4.78, 5) is 8.37. The molecule has 0 aliphatic rings. The maximum absolute atomic E-state index is 5.64. The van der Waals surface area contributed by atoms with E-state index in [0.29, 0.717) is 5.95 Å². The highest BCUT2D eigenvalue weighted by atomic mass is 15.4. The molecule has 3 rings (SSSR count). The van der Waals surface area contributed by atoms with Gasteiger partial charge in [0.05, 0.1) is 11.2 Å². The maximum Gasteiger partial charge on any atom is 0.220 e. The third-order valence-electron chi connectivity index (χ3n) is 3.70. The Bertz CT molecular complexity index is 862. The molecular formula is C16H18N6. The second kappa shape index (κ2) is 5.55. The molecule has 0 unspecified atom stereocenters. The maximum atomic E-state index is 5.64. The Morgan fingerprint density at radius 3 is 2.86 bits per heavy atom. The van der Waals surface area contributed by atoms with Crippen molar-refractivity contribution in [2.24, 2.45) is 0 Å². The van der Waals surface area contributed by atoms with E-state index in [1.807, 2.05) is 30.7 Å². The predicted octanol–water partition coefficient (Wildman–Crippen LogP) is 2.58. The number of rotatable bonds is 3. The molecule has 2 N–H and O–H groups in total. The number of anilines is 1. The van der Waals surface area contributed by atoms with E-state index in [1.165, 1.54) is 0 Å². The van der Waals surface area contributed by atoms with Crippen molar-refractivity contribution in [2.45, 2.75) is 27.3 Å². The molecule has 0 radical (unpaired) electrons. The fraction of sp³-hybridized carbons (Fsp3) is 0.250. The van der Waals surface area contributed by atoms with Crippen molar-refractivity contribution in [3.05, 3.63) is 47.3 Å². The number of hydrogen-bond acceptors (Lipinski definition) is 5. The number of nitrogens with zero attached hydrogens (tertiary/aromatic N) is 5. The Balaban J connectivity index is 2.15. The lowest BCUT2D eigenvalue weighted by Gasteiger charge is -2.10. The summed E-state index contributed by atoms with van der Waals surface area (Å²) in [6, 6.07) is 6.13. The van der Waals surface area contributed by atoms with Crippen molar-refractivity contribution in [2.75, 3.05) is 5.73 Å². The topological polar surface area (TPSA) is 82.5 Å². The zero-order chi connectivity index (χ0) is 15.7. The van der Waals surface area contributed by atoms with Gasteiger partial charge in [0.15, 0.2) is 0 Å². The first kappa shape index (κ1) is 14.2. The Labute approximate surface area is 128 Å². The van der Waals surface area contributed by atoms with Crippen LogP contribution >= 0.6 is 0 Å². The van der Waals surface area contributed by atoms with Gasteiger partial charge in [0, 0.05) is 18.3 Å². The summed E-state index contributed by atoms with van der Waals surface area (Å²) in [5, 5.41) is 8.32. The number of aryl methyl sites for hydroxylation is 2. The minimum absolute atomic E-state index is 0.292. The van der Waals surface area contributed by atoms with Crippen molar-refractivity contribution < 1.29 is 0 Å². The molecule has 1 aromatic carbocycles. The number of allylic oxidation sites excluding steroid dienone is 1. The molecule has 0 aliphatic carbocycles. The normalized spacial score (nSPS) is 12.0. The van der Waals surface area contributed by atoms with Crippen molar-refractivity contribution in [1.29, 1.82) is 0 Å². The van der Waals surface area contributed by atoms with Gasteiger partial charge >= 0.3 is 0 Å². The monoisotopic (exact) mass is 294 g/mol. The molecule has 6 nitrogen and oxygen atoms in total. The Hall–Kier alpha value is -2.76. The summed E-state index contributed by atoms with van der Waals surface area (Å²) >= 11 is 0. The van der Waals surface area contributed by atoms with Crippen LogP contribution < -0.4 is 5.73 Å². The minimum Gasteiger partial charge on any atom is -0.368 e. The van der Waals surface area contributed by atoms with Crippen LogP contribution in [0.15, 0.2) is 30.5 Å². The quantitative estimate of drug-likeness (QED) is 0.802. The lowest BCUT2D eigenvalue weighted by atomic mass is 9.97. The molecule has 0 saturated heterocycles. The molecule has 2 heterocycles. The van der Waals surface area contributed by atoms with Crippen molar-refractivity contribution in [3.8, 4) is 0 Å². The molecule has 0 aliphatic heterocycles. The Morgan fingerprint density at radius 1 is 1.36 bits per heavy atom. The lowest BCUT2D eigenvalue weighted by molar-refractivity contribution is 0.646. The van der Waals surface area contributed by atoms with Gasteiger partial charge in [0.2, 0.25) is 5.95 Å². The van der Waals surface area contributed by atoms with E-state index in [-0.39, 0.29) is 0 Å². The van der Waals surface area contributed by atoms with E-state index in [9.17, 15) is 0 Å². The van der Waals surface area contributed by atoms with Crippen LogP contribution in [0.3, 0.4) is 0 Å². The number of benzene rings is 1. The molecule has 0 saturated carbocycles. The van der Waals surface area contributed by atoms with Crippen molar-refractivity contribution >= 4 is 22.6 Å². The first-order valence-electron chi connectivity index (χ1n) is 7.23. The second-order valence-electron chi connectivity index (χ2n) is 5.04. The third kappa shape index (κ3) is 2.32. The van der Waals surface area contributed by atoms with Gasteiger partial charge in [-0.25, -0.2) is 14.6 Å². The number of fused-ring (bicyclic) bond motifs is 1. The van der Waals surface area contributed by atoms with Crippen molar-refractivity contribution in [3.63, 3.8) is 0 Å². The van der Waals surface area contributed by atoms with Gasteiger partial charge < -0.3 is 5.73 Å². The fourth-order valence-electron chi connectivity index (χ4n) is 2.59. The second-order valence-corrected chi connectivity index (χ2v) is 5.04. The third-order valence-corrected chi connectivity index (χ3v) is 3.70. The Kier molecular flexibility index (Phi) is 3.58. The van der Waals surface area contributed by atoms with Crippen LogP contribution in [0.1, 0.15) is 30.7 Å². The van der Waals surface area contributed by atoms with E-state index in [2.05, 4.69) is 39.3 Å². The molecule has 0 amide bonds. The van der Waals surface area contributed by atoms with Gasteiger partial charge in [-0.2, -0.15) is 0 Å². The van der Waals surface area contributed by atoms with Crippen LogP contribution in [0, 0.1) is 6.92 Å². The van der Waals surface area contributed by atoms with Gasteiger partial charge in [-0.15, -0.1) is 5.10 Å². The van der Waals surface area contributed by atoms with E-state index < -0.39 is 0 Å². The smallest absolute Gasteiger partial charge is 0.220 e. The average molecular weight is 294 g/mol. The first-order chi connectivity index (χ1) is 10.6. The lowest BCUT2D eigenvalue weighted by Crippen LogP contribution is -2.01. The molecular weight excluding hydrogens is 276 g/mol. The highest BCUT2D eigenvalue weighted by molar-refractivity contribution is 5.86. The molecule has 0 spiro atoms. The number of nitrogens with two attached hydrogens (primary N) is 1. The summed E-state index contributed by atoms with van der Waals surface area (Å²) in [5.41, 5.74) is 11.6. The minimum atomic E-state index is 0.292. The summed E-state index contributed by atoms with van der Waals surface area (Å²) in [7, 11) is 0. The average Bonchev–Trinajstić information content (AvgIpc) is 2.92. The van der Waals surface area contributed by atoms with Gasteiger partial charge in [0.1, 0.15) is 5.52 Å². The highest BCUT2D eigenvalue weighted by Gasteiger charge is 2.12. The predicted molar refractivity (Wildman–Crippen MR) is 87.1 cm³/mol. The van der Waals surface area contributed by atoms with Gasteiger partial charge in [-0.3, -0.25) is 0 Å². The van der Waals surface area contributed by atoms with E-state index in [4.69, 9.17) is 5.73 Å². The number of nitrogen functional groups attached to an aromatic ring is 1. The number of aromatic nitrogens is 5. The molecule has 0 atom stereocenters. The van der Waals surface area contributed by atoms with Crippen LogP contribution in [-0.4, -0.2) is 25.0 Å². The largest absolute Gasteiger partial charge is 0.368 e. The summed E-state index contributed by atoms with van der Waals surface area (Å²) in [6.45, 7) is 6.78. The molecule has 112 valence electrons. The standard InChI is InChI=1S/C16H18N6/c1-4-12(13-9-18-16(17)19-10(13)3)11-6-7-14-15(8-11)22(5-2)21-20-14/h4,6-9H,5H2,1-3H3,(H2,17,18,19)/b12-4-. The zero-order valence-corrected chi connectivity index (χ0v) is 12.9. The summed E-state index contributed by atoms with van der Waals surface area (Å²) in [5.74, 6) is 0.292. The Morgan fingerprint density at radius 2 is 2.18 bits per heavy atom. The fourth-order valence-corrected chi connectivity index (χ4v) is 2.59. The van der Waals surface area contributed by atoms with Crippen LogP contribution in [0.2, 0.25) is 0 Å². The highest BCUT2D eigenvalue weighted by Crippen LogP contribution is 2.27. The molecule has 22 heavy (non-hydrogen) atoms. The summed E-state index contributed by atoms with van der Waals surface area (Å²) in [6.07, 6.45) is 3.83. The van der Waals surface area contributed by atoms with Crippen LogP contribution in [-0.2, 0) is 6.54 Å². The molecule has 0 bridgehead atoms. The van der Waals surface area contributed by atoms with Gasteiger partial charge in [-0.1, -0.05) is 17.4 Å². The van der Waals surface area contributed by atoms with E-state index >= 15 is 0 Å². The molecule has 2 aromatic heterocycles. The van der Waals surface area contributed by atoms with Gasteiger partial charge in [-0.05, 0) is 44.0 Å². The van der Waals surface area contributed by atoms with Crippen molar-refractivity contribution in [1.82, 2.24) is 25.0 Å². The zero-order valence-electron chi connectivity index (χ0n) is 12.9. The molecule has 0 fully saturated rings. The SMILES string of the molecule is C/C=C(/c1ccc2nnn(CC)c2c1)c1cnc(N)nc1C. The molecule has 3 aromatic rings. The van der Waals surface area contributed by atoms with E-state index in [1.54, 1.807) is 6.20 Å². The number of hydrogen-bond donors (Lipinski definition) is 1. The van der Waals surface area contributed by atoms with Crippen LogP contribution in [0.25, 0.3) is 16.6 Å². The summed E-state index contributed by atoms with van der Waals surface area (Å²) < 4.78 is 1.89. The van der Waals surface area contributed by atoms with Crippen LogP contribution in [0.5, 0.6) is 0 Å².